The van der Waals surface area contributed by atoms with Gasteiger partial charge in [-0.2, -0.15) is 0 Å². The normalized spacial score (nSPS) is 23.6. The Morgan fingerprint density at radius 2 is 1.96 bits per heavy atom. The van der Waals surface area contributed by atoms with E-state index in [-0.39, 0.29) is 30.2 Å². The average Bonchev–Trinajstić information content (AvgIpc) is 2.96. The monoisotopic (exact) mass is 349 g/mol. The second-order valence-corrected chi connectivity index (χ2v) is 7.29. The minimum Gasteiger partial charge on any atom is -0.342 e. The van der Waals surface area contributed by atoms with E-state index in [1.165, 1.54) is 0 Å². The highest BCUT2D eigenvalue weighted by molar-refractivity contribution is 6.33. The number of carbonyl (C=O) groups excluding carboxylic acids is 2. The molecular formula is C18H24ClN3O2. The third-order valence-electron chi connectivity index (χ3n) is 5.21. The van der Waals surface area contributed by atoms with Crippen molar-refractivity contribution in [2.24, 2.45) is 17.6 Å². The second-order valence-electron chi connectivity index (χ2n) is 6.88. The number of rotatable bonds is 3. The third kappa shape index (κ3) is 3.42. The average molecular weight is 350 g/mol. The Balaban J connectivity index is 1.64. The number of hydrogen-bond acceptors (Lipinski definition) is 3. The fourth-order valence-electron chi connectivity index (χ4n) is 3.68. The molecule has 0 bridgehead atoms. The maximum atomic E-state index is 12.8. The van der Waals surface area contributed by atoms with Crippen LogP contribution < -0.4 is 10.6 Å². The Morgan fingerprint density at radius 3 is 2.58 bits per heavy atom. The first-order chi connectivity index (χ1) is 11.5. The molecule has 2 amide bonds. The van der Waals surface area contributed by atoms with Gasteiger partial charge in [0.25, 0.3) is 0 Å². The van der Waals surface area contributed by atoms with Crippen LogP contribution in [0.25, 0.3) is 0 Å². The van der Waals surface area contributed by atoms with E-state index in [1.54, 1.807) is 11.0 Å². The van der Waals surface area contributed by atoms with E-state index in [4.69, 9.17) is 17.3 Å². The molecule has 2 atom stereocenters. The smallest absolute Gasteiger partial charge is 0.228 e. The van der Waals surface area contributed by atoms with Crippen molar-refractivity contribution in [2.45, 2.75) is 32.2 Å². The lowest BCUT2D eigenvalue weighted by Crippen LogP contribution is -2.45. The van der Waals surface area contributed by atoms with Crippen LogP contribution in [0.15, 0.2) is 24.3 Å². The first kappa shape index (κ1) is 17.2. The van der Waals surface area contributed by atoms with Gasteiger partial charge in [0.2, 0.25) is 11.8 Å². The van der Waals surface area contributed by atoms with Crippen molar-refractivity contribution in [1.82, 2.24) is 4.90 Å². The summed E-state index contributed by atoms with van der Waals surface area (Å²) in [4.78, 5) is 28.6. The molecule has 6 heteroatoms. The minimum atomic E-state index is -0.277. The van der Waals surface area contributed by atoms with E-state index >= 15 is 0 Å². The fourth-order valence-corrected chi connectivity index (χ4v) is 3.92. The number of para-hydroxylation sites is 1. The number of carbonyl (C=O) groups is 2. The topological polar surface area (TPSA) is 66.6 Å². The van der Waals surface area contributed by atoms with Crippen LogP contribution in [0.3, 0.4) is 0 Å². The summed E-state index contributed by atoms with van der Waals surface area (Å²) in [5.74, 6) is 0.257. The number of nitrogens with zero attached hydrogens (tertiary/aromatic N) is 2. The summed E-state index contributed by atoms with van der Waals surface area (Å²) in [6, 6.07) is 7.44. The van der Waals surface area contributed by atoms with E-state index in [1.807, 2.05) is 30.0 Å². The molecule has 2 aliphatic heterocycles. The second kappa shape index (κ2) is 7.11. The van der Waals surface area contributed by atoms with Crippen LogP contribution in [0.5, 0.6) is 0 Å². The molecule has 2 fully saturated rings. The van der Waals surface area contributed by atoms with Crippen molar-refractivity contribution < 1.29 is 9.59 Å². The summed E-state index contributed by atoms with van der Waals surface area (Å²) in [7, 11) is 0. The minimum absolute atomic E-state index is 0.0353. The molecule has 130 valence electrons. The zero-order valence-electron chi connectivity index (χ0n) is 14.0. The van der Waals surface area contributed by atoms with Crippen LogP contribution in [0.1, 0.15) is 26.2 Å². The molecule has 5 nitrogen and oxygen atoms in total. The molecule has 0 aromatic heterocycles. The van der Waals surface area contributed by atoms with Gasteiger partial charge in [0.1, 0.15) is 0 Å². The number of halogens is 1. The largest absolute Gasteiger partial charge is 0.342 e. The molecule has 24 heavy (non-hydrogen) atoms. The van der Waals surface area contributed by atoms with Gasteiger partial charge < -0.3 is 15.5 Å². The summed E-state index contributed by atoms with van der Waals surface area (Å²) >= 11 is 6.19. The Kier molecular flexibility index (Phi) is 5.11. The Morgan fingerprint density at radius 1 is 1.29 bits per heavy atom. The Hall–Kier alpha value is -1.59. The van der Waals surface area contributed by atoms with Crippen molar-refractivity contribution in [3.8, 4) is 0 Å². The summed E-state index contributed by atoms with van der Waals surface area (Å²) in [6.45, 7) is 3.91. The number of piperidine rings is 1. The lowest BCUT2D eigenvalue weighted by molar-refractivity contribution is -0.137. The van der Waals surface area contributed by atoms with Crippen molar-refractivity contribution in [1.29, 1.82) is 0 Å². The van der Waals surface area contributed by atoms with Gasteiger partial charge in [0.05, 0.1) is 16.6 Å². The van der Waals surface area contributed by atoms with Gasteiger partial charge >= 0.3 is 0 Å². The maximum absolute atomic E-state index is 12.8. The van der Waals surface area contributed by atoms with Gasteiger partial charge in [-0.05, 0) is 37.8 Å². The van der Waals surface area contributed by atoms with E-state index in [0.29, 0.717) is 23.2 Å². The number of hydrogen-bond donors (Lipinski definition) is 1. The van der Waals surface area contributed by atoms with Crippen LogP contribution in [0.2, 0.25) is 5.02 Å². The molecule has 0 radical (unpaired) electrons. The van der Waals surface area contributed by atoms with Crippen molar-refractivity contribution in [2.75, 3.05) is 24.5 Å². The van der Waals surface area contributed by atoms with Crippen LogP contribution in [0, 0.1) is 11.8 Å². The van der Waals surface area contributed by atoms with Gasteiger partial charge in [-0.3, -0.25) is 9.59 Å². The Labute approximate surface area is 147 Å². The van der Waals surface area contributed by atoms with Crippen LogP contribution in [-0.4, -0.2) is 42.4 Å². The lowest BCUT2D eigenvalue weighted by Gasteiger charge is -2.35. The van der Waals surface area contributed by atoms with Crippen LogP contribution in [0.4, 0.5) is 5.69 Å². The predicted molar refractivity (Wildman–Crippen MR) is 94.9 cm³/mol. The molecular weight excluding hydrogens is 326 g/mol. The van der Waals surface area contributed by atoms with E-state index < -0.39 is 0 Å². The summed E-state index contributed by atoms with van der Waals surface area (Å²) in [5.41, 5.74) is 6.65. The molecule has 2 unspecified atom stereocenters. The molecule has 2 N–H and O–H groups in total. The van der Waals surface area contributed by atoms with Crippen molar-refractivity contribution in [3.63, 3.8) is 0 Å². The molecule has 0 spiro atoms. The van der Waals surface area contributed by atoms with Gasteiger partial charge in [0.15, 0.2) is 0 Å². The number of anilines is 1. The van der Waals surface area contributed by atoms with E-state index in [9.17, 15) is 9.59 Å². The molecule has 2 saturated heterocycles. The van der Waals surface area contributed by atoms with Crippen molar-refractivity contribution >= 4 is 29.1 Å². The molecule has 0 saturated carbocycles. The van der Waals surface area contributed by atoms with Gasteiger partial charge in [0, 0.05) is 32.1 Å². The first-order valence-electron chi connectivity index (χ1n) is 8.56. The molecule has 1 aromatic rings. The standard InChI is InChI=1S/C18H24ClN3O2/c1-12(20)13-6-8-21(9-7-13)18(24)14-10-17(23)22(11-14)16-5-3-2-4-15(16)19/h2-5,12-14H,6-11,20H2,1H3. The maximum Gasteiger partial charge on any atom is 0.228 e. The highest BCUT2D eigenvalue weighted by Gasteiger charge is 2.38. The highest BCUT2D eigenvalue weighted by Crippen LogP contribution is 2.32. The highest BCUT2D eigenvalue weighted by atomic mass is 35.5. The van der Waals surface area contributed by atoms with Crippen molar-refractivity contribution in [3.05, 3.63) is 29.3 Å². The van der Waals surface area contributed by atoms with E-state index in [2.05, 4.69) is 0 Å². The first-order valence-corrected chi connectivity index (χ1v) is 8.94. The number of benzene rings is 1. The zero-order valence-corrected chi connectivity index (χ0v) is 14.7. The summed E-state index contributed by atoms with van der Waals surface area (Å²) in [5, 5.41) is 0.539. The molecule has 0 aliphatic carbocycles. The number of likely N-dealkylation sites (tertiary alicyclic amines) is 1. The lowest BCUT2D eigenvalue weighted by atomic mass is 9.90. The fraction of sp³-hybridized carbons (Fsp3) is 0.556. The van der Waals surface area contributed by atoms with Crippen LogP contribution >= 0.6 is 11.6 Å². The van der Waals surface area contributed by atoms with E-state index in [0.717, 1.165) is 25.9 Å². The SMILES string of the molecule is CC(N)C1CCN(C(=O)C2CC(=O)N(c3ccccc3Cl)C2)CC1. The number of amides is 2. The molecule has 2 heterocycles. The molecule has 1 aromatic carbocycles. The van der Waals surface area contributed by atoms with Gasteiger partial charge in [-0.25, -0.2) is 0 Å². The van der Waals surface area contributed by atoms with Gasteiger partial charge in [-0.1, -0.05) is 23.7 Å². The summed E-state index contributed by atoms with van der Waals surface area (Å²) < 4.78 is 0. The molecule has 3 rings (SSSR count). The third-order valence-corrected chi connectivity index (χ3v) is 5.53. The predicted octanol–water partition coefficient (Wildman–Crippen LogP) is 2.28. The Bertz CT molecular complexity index is 626. The zero-order chi connectivity index (χ0) is 17.3. The van der Waals surface area contributed by atoms with Crippen LogP contribution in [-0.2, 0) is 9.59 Å². The quantitative estimate of drug-likeness (QED) is 0.910. The molecule has 2 aliphatic rings. The number of nitrogens with two attached hydrogens (primary N) is 1. The van der Waals surface area contributed by atoms with Gasteiger partial charge in [-0.15, -0.1) is 0 Å². The summed E-state index contributed by atoms with van der Waals surface area (Å²) in [6.07, 6.45) is 2.15.